The van der Waals surface area contributed by atoms with Crippen molar-refractivity contribution < 1.29 is 26.0 Å². The van der Waals surface area contributed by atoms with Gasteiger partial charge in [0.05, 0.1) is 0 Å². The molecule has 5 rings (SSSR count). The molecule has 0 N–H and O–H groups in total. The molecule has 0 atom stereocenters. The van der Waals surface area contributed by atoms with Gasteiger partial charge in [-0.15, -0.1) is 0 Å². The molecule has 1 aliphatic rings. The third-order valence-corrected chi connectivity index (χ3v) is 10.9. The SMILES string of the molecule is [2H]c1c([2H])c([2H])[c]([Ge]2([c]3c([2H])c([2H])c([2H])c([2H])c3[2H])[C]([2H])([2H])c3c([2H])c([2H])c([2H])c4c([2H])c(C)c([2H])c(c34)[C]2([2H])[2H])c([2H])c1[2H]. The summed E-state index contributed by atoms with van der Waals surface area (Å²) in [7, 11) is 0. The molecular weight excluding hydrogens is 373 g/mol. The molecule has 0 unspecified atom stereocenters. The Kier molecular flexibility index (Phi) is 1.32. The Morgan fingerprint density at radius 3 is 2.00 bits per heavy atom. The van der Waals surface area contributed by atoms with Gasteiger partial charge < -0.3 is 0 Å². The van der Waals surface area contributed by atoms with E-state index in [2.05, 4.69) is 0 Å². The second-order valence-electron chi connectivity index (χ2n) is 5.75. The van der Waals surface area contributed by atoms with Crippen molar-refractivity contribution in [3.63, 3.8) is 0 Å². The molecule has 126 valence electrons. The molecule has 0 radical (unpaired) electrons. The molecule has 0 fully saturated rings. The van der Waals surface area contributed by atoms with Gasteiger partial charge in [-0.3, -0.25) is 0 Å². The third-order valence-electron chi connectivity index (χ3n) is 4.12. The fourth-order valence-corrected chi connectivity index (χ4v) is 9.23. The number of benzene rings is 4. The van der Waals surface area contributed by atoms with Crippen LogP contribution < -0.4 is 8.79 Å². The van der Waals surface area contributed by atoms with Crippen LogP contribution in [0.1, 0.15) is 42.7 Å². The quantitative estimate of drug-likeness (QED) is 0.421. The maximum absolute atomic E-state index is 9.74. The molecule has 4 aromatic rings. The fourth-order valence-electron chi connectivity index (χ4n) is 3.06. The monoisotopic (exact) mass is 415 g/mol. The third kappa shape index (κ3) is 2.44. The molecule has 0 amide bonds. The topological polar surface area (TPSA) is 0 Å². The van der Waals surface area contributed by atoms with E-state index in [0.717, 1.165) is 0 Å². The van der Waals surface area contributed by atoms with E-state index in [1.807, 2.05) is 0 Å². The van der Waals surface area contributed by atoms with E-state index in [1.165, 1.54) is 6.92 Å². The molecule has 0 saturated carbocycles. The van der Waals surface area contributed by atoms with Gasteiger partial charge >= 0.3 is 184 Å². The molecule has 0 bridgehead atoms. The fraction of sp³-hybridized carbons (Fsp3) is 0.120. The van der Waals surface area contributed by atoms with E-state index in [0.29, 0.717) is 0 Å². The zero-order valence-electron chi connectivity index (χ0n) is 32.5. The van der Waals surface area contributed by atoms with E-state index in [4.69, 9.17) is 20.6 Å². The number of hydrogen-bond donors (Lipinski definition) is 0. The summed E-state index contributed by atoms with van der Waals surface area (Å²) in [5.41, 5.74) is -1.74. The minimum atomic E-state index is -6.85. The van der Waals surface area contributed by atoms with Crippen LogP contribution >= 0.6 is 0 Å². The van der Waals surface area contributed by atoms with E-state index in [-0.39, 0.29) is 5.56 Å². The predicted molar refractivity (Wildman–Crippen MR) is 114 cm³/mol. The van der Waals surface area contributed by atoms with Crippen LogP contribution in [0.4, 0.5) is 0 Å². The summed E-state index contributed by atoms with van der Waals surface area (Å²) in [6, 6.07) is -14.0. The van der Waals surface area contributed by atoms with Crippen LogP contribution in [0.2, 0.25) is 0 Å². The maximum atomic E-state index is 9.74. The van der Waals surface area contributed by atoms with Crippen molar-refractivity contribution in [2.45, 2.75) is 17.3 Å². The second kappa shape index (κ2) is 6.14. The first-order valence-corrected chi connectivity index (χ1v) is 11.9. The van der Waals surface area contributed by atoms with Gasteiger partial charge in [0, 0.05) is 0 Å². The molecule has 1 aliphatic heterocycles. The molecule has 0 saturated heterocycles. The Morgan fingerprint density at radius 2 is 1.35 bits per heavy atom. The molecule has 26 heavy (non-hydrogen) atoms. The molecule has 0 spiro atoms. The Hall–Kier alpha value is -2.32. The Labute approximate surface area is 184 Å². The van der Waals surface area contributed by atoms with Crippen LogP contribution in [0, 0.1) is 6.92 Å². The molecular formula is C25H22Ge. The average molecular weight is 414 g/mol. The summed E-state index contributed by atoms with van der Waals surface area (Å²) >= 11 is -6.85. The molecule has 0 aliphatic carbocycles. The second-order valence-corrected chi connectivity index (χ2v) is 12.0. The van der Waals surface area contributed by atoms with Crippen LogP contribution in [-0.4, -0.2) is 13.3 Å². The Morgan fingerprint density at radius 1 is 0.731 bits per heavy atom. The van der Waals surface area contributed by atoms with Gasteiger partial charge in [0.2, 0.25) is 0 Å². The van der Waals surface area contributed by atoms with Crippen molar-refractivity contribution in [1.82, 2.24) is 0 Å². The predicted octanol–water partition coefficient (Wildman–Crippen LogP) is 4.59. The molecule has 1 heteroatoms. The van der Waals surface area contributed by atoms with Crippen LogP contribution in [-0.2, 0) is 10.4 Å². The van der Waals surface area contributed by atoms with Crippen molar-refractivity contribution in [3.05, 3.63) is 107 Å². The van der Waals surface area contributed by atoms with E-state index in [1.54, 1.807) is 0 Å². The van der Waals surface area contributed by atoms with Gasteiger partial charge in [0.25, 0.3) is 0 Å². The number of hydrogen-bond acceptors (Lipinski definition) is 0. The molecule has 0 nitrogen and oxygen atoms in total. The molecule has 4 aromatic carbocycles. The van der Waals surface area contributed by atoms with Gasteiger partial charge in [-0.05, 0) is 0 Å². The first-order valence-electron chi connectivity index (χ1n) is 17.2. The van der Waals surface area contributed by atoms with Crippen molar-refractivity contribution in [3.8, 4) is 0 Å². The first kappa shape index (κ1) is 5.59. The van der Waals surface area contributed by atoms with Crippen molar-refractivity contribution in [1.29, 1.82) is 0 Å². The van der Waals surface area contributed by atoms with Gasteiger partial charge in [-0.2, -0.15) is 0 Å². The average Bonchev–Trinajstić information content (AvgIpc) is 2.96. The van der Waals surface area contributed by atoms with E-state index in [9.17, 15) is 5.48 Å². The van der Waals surface area contributed by atoms with E-state index < -0.39 is 145 Å². The Balaban J connectivity index is 2.30. The van der Waals surface area contributed by atoms with Crippen LogP contribution in [0.25, 0.3) is 10.8 Å². The summed E-state index contributed by atoms with van der Waals surface area (Å²) < 4.78 is 166. The molecule has 0 aromatic heterocycles. The summed E-state index contributed by atoms with van der Waals surface area (Å²) in [5, 5.41) is -7.75. The van der Waals surface area contributed by atoms with Crippen molar-refractivity contribution in [2.75, 3.05) is 0 Å². The summed E-state index contributed by atoms with van der Waals surface area (Å²) in [5.74, 6) is 0. The van der Waals surface area contributed by atoms with Crippen LogP contribution in [0.5, 0.6) is 0 Å². The zero-order valence-corrected chi connectivity index (χ0v) is 15.6. The summed E-state index contributed by atoms with van der Waals surface area (Å²) in [6.45, 7) is 1.25. The summed E-state index contributed by atoms with van der Waals surface area (Å²) in [6.07, 6.45) is 0. The normalized spacial score (nSPS) is 29.3. The number of rotatable bonds is 2. The Bertz CT molecular complexity index is 1830. The van der Waals surface area contributed by atoms with Gasteiger partial charge in [0.15, 0.2) is 0 Å². The van der Waals surface area contributed by atoms with Gasteiger partial charge in [-0.25, -0.2) is 0 Å². The summed E-state index contributed by atoms with van der Waals surface area (Å²) in [4.78, 5) is 0. The van der Waals surface area contributed by atoms with Crippen LogP contribution in [0.3, 0.4) is 0 Å². The van der Waals surface area contributed by atoms with Gasteiger partial charge in [-0.1, -0.05) is 0 Å². The minimum absolute atomic E-state index is 0.209. The first-order chi connectivity index (χ1) is 20.6. The van der Waals surface area contributed by atoms with Crippen molar-refractivity contribution in [2.24, 2.45) is 0 Å². The van der Waals surface area contributed by atoms with Crippen molar-refractivity contribution >= 4 is 32.8 Å². The zero-order chi connectivity index (χ0) is 34.2. The molecule has 1 heterocycles. The van der Waals surface area contributed by atoms with Gasteiger partial charge in [0.1, 0.15) is 0 Å². The standard InChI is InChI=1S/C25H22Ge/c1-19-15-20-9-8-10-21-17-26(18-22(16-19)25(20)21,23-11-4-2-5-12-23)24-13-6-3-7-14-24/h2-16H,17-18H2,1H3/i2D,3D,4D,5D,6D,7D,8D,9D,10D,11D,12D,13D,14D,15D,16D,17D2,18D2. The van der Waals surface area contributed by atoms with E-state index >= 15 is 0 Å². The van der Waals surface area contributed by atoms with Crippen LogP contribution in [0.15, 0.2) is 90.6 Å².